The summed E-state index contributed by atoms with van der Waals surface area (Å²) in [6, 6.07) is 0. The zero-order valence-corrected chi connectivity index (χ0v) is 13.8. The van der Waals surface area contributed by atoms with Crippen molar-refractivity contribution < 1.29 is 25.5 Å². The van der Waals surface area contributed by atoms with Gasteiger partial charge in [-0.15, -0.1) is 11.8 Å². The van der Waals surface area contributed by atoms with Gasteiger partial charge in [0.1, 0.15) is 41.6 Å². The van der Waals surface area contributed by atoms with Crippen molar-refractivity contribution in [3.8, 4) is 0 Å². The molecule has 2 aromatic heterocycles. The molecule has 11 heteroatoms. The van der Waals surface area contributed by atoms with Crippen LogP contribution in [0, 0.1) is 0 Å². The fourth-order valence-electron chi connectivity index (χ4n) is 2.28. The highest BCUT2D eigenvalue weighted by molar-refractivity contribution is 7.99. The predicted octanol–water partition coefficient (Wildman–Crippen LogP) is -1.90. The number of aliphatic hydroxyl groups excluding tert-OH is 5. The summed E-state index contributed by atoms with van der Waals surface area (Å²) >= 11 is 1.28. The van der Waals surface area contributed by atoms with Gasteiger partial charge in [0, 0.05) is 0 Å². The molecule has 0 aromatic carbocycles. The first-order valence-corrected chi connectivity index (χ1v) is 8.34. The first-order chi connectivity index (χ1) is 11.4. The minimum absolute atomic E-state index is 0.185. The average Bonchev–Trinajstić information content (AvgIpc) is 3.02. The third-order valence-electron chi connectivity index (χ3n) is 3.57. The molecule has 2 aromatic rings. The van der Waals surface area contributed by atoms with Crippen LogP contribution in [0.1, 0.15) is 12.3 Å². The molecule has 7 N–H and O–H groups in total. The molecule has 24 heavy (non-hydrogen) atoms. The van der Waals surface area contributed by atoms with Crippen LogP contribution in [0.2, 0.25) is 0 Å². The van der Waals surface area contributed by atoms with Gasteiger partial charge in [0.15, 0.2) is 11.5 Å². The van der Waals surface area contributed by atoms with Crippen molar-refractivity contribution in [3.05, 3.63) is 12.7 Å². The van der Waals surface area contributed by atoms with E-state index >= 15 is 0 Å². The summed E-state index contributed by atoms with van der Waals surface area (Å²) in [7, 11) is 0. The van der Waals surface area contributed by atoms with Gasteiger partial charge in [0.2, 0.25) is 0 Å². The van der Waals surface area contributed by atoms with Crippen molar-refractivity contribution in [2.45, 2.75) is 36.7 Å². The van der Waals surface area contributed by atoms with Crippen molar-refractivity contribution in [1.82, 2.24) is 19.5 Å². The number of fused-ring (bicyclic) bond motifs is 1. The number of rotatable bonds is 8. The van der Waals surface area contributed by atoms with Crippen molar-refractivity contribution in [2.75, 3.05) is 18.1 Å². The summed E-state index contributed by atoms with van der Waals surface area (Å²) in [5, 5.41) is 48.0. The number of aliphatic hydroxyl groups is 5. The fourth-order valence-corrected chi connectivity index (χ4v) is 3.29. The number of hydrogen-bond acceptors (Lipinski definition) is 10. The number of nitrogens with zero attached hydrogens (tertiary/aromatic N) is 4. The summed E-state index contributed by atoms with van der Waals surface area (Å²) in [6.45, 7) is 1.12. The third kappa shape index (κ3) is 3.61. The highest BCUT2D eigenvalue weighted by atomic mass is 32.2. The van der Waals surface area contributed by atoms with Gasteiger partial charge in [0.25, 0.3) is 0 Å². The lowest BCUT2D eigenvalue weighted by atomic mass is 10.0. The van der Waals surface area contributed by atoms with Gasteiger partial charge in [0.05, 0.1) is 12.9 Å². The number of anilines is 1. The number of nitrogens with two attached hydrogens (primary N) is 1. The molecule has 0 aliphatic heterocycles. The topological polar surface area (TPSA) is 171 Å². The minimum atomic E-state index is -1.71. The standard InChI is InChI=1S/C13H21N5O5S/c1-2-24-13(10(23)9(22)8(21)6(20)3-19)18-5-17-7-11(14)15-4-16-12(7)18/h4-6,8-10,13,19-23H,2-3H2,1H3,(H2,14,15,16)/t6-,8-,9-,10+,13-/m1/s1. The van der Waals surface area contributed by atoms with Crippen molar-refractivity contribution in [2.24, 2.45) is 0 Å². The Morgan fingerprint density at radius 2 is 1.83 bits per heavy atom. The van der Waals surface area contributed by atoms with E-state index in [1.165, 1.54) is 29.0 Å². The largest absolute Gasteiger partial charge is 0.394 e. The molecule has 0 saturated heterocycles. The second-order valence-electron chi connectivity index (χ2n) is 5.15. The van der Waals surface area contributed by atoms with Crippen LogP contribution in [0.3, 0.4) is 0 Å². The van der Waals surface area contributed by atoms with Gasteiger partial charge in [-0.1, -0.05) is 6.92 Å². The molecule has 0 saturated carbocycles. The molecule has 0 aliphatic carbocycles. The highest BCUT2D eigenvalue weighted by Crippen LogP contribution is 2.32. The molecular weight excluding hydrogens is 338 g/mol. The zero-order valence-electron chi connectivity index (χ0n) is 13.0. The molecule has 0 fully saturated rings. The van der Waals surface area contributed by atoms with Gasteiger partial charge in [-0.3, -0.25) is 4.57 Å². The number of imidazole rings is 1. The van der Waals surface area contributed by atoms with Crippen molar-refractivity contribution >= 4 is 28.7 Å². The molecule has 10 nitrogen and oxygen atoms in total. The molecular formula is C13H21N5O5S. The van der Waals surface area contributed by atoms with E-state index in [2.05, 4.69) is 15.0 Å². The van der Waals surface area contributed by atoms with Crippen molar-refractivity contribution in [3.63, 3.8) is 0 Å². The monoisotopic (exact) mass is 359 g/mol. The molecule has 134 valence electrons. The quantitative estimate of drug-likeness (QED) is 0.312. The van der Waals surface area contributed by atoms with Crippen LogP contribution in [-0.4, -0.2) is 81.8 Å². The van der Waals surface area contributed by atoms with Gasteiger partial charge in [-0.25, -0.2) is 15.0 Å². The lowest BCUT2D eigenvalue weighted by Crippen LogP contribution is -2.48. The zero-order chi connectivity index (χ0) is 17.9. The second kappa shape index (κ2) is 8.05. The first-order valence-electron chi connectivity index (χ1n) is 7.30. The Labute approximate surface area is 142 Å². The molecule has 0 radical (unpaired) electrons. The number of aromatic nitrogens is 4. The van der Waals surface area contributed by atoms with E-state index < -0.39 is 36.4 Å². The van der Waals surface area contributed by atoms with E-state index in [1.807, 2.05) is 6.92 Å². The van der Waals surface area contributed by atoms with Gasteiger partial charge in [-0.2, -0.15) is 0 Å². The van der Waals surface area contributed by atoms with E-state index in [4.69, 9.17) is 10.8 Å². The summed E-state index contributed by atoms with van der Waals surface area (Å²) < 4.78 is 1.52. The highest BCUT2D eigenvalue weighted by Gasteiger charge is 2.36. The smallest absolute Gasteiger partial charge is 0.166 e. The van der Waals surface area contributed by atoms with Gasteiger partial charge >= 0.3 is 0 Å². The van der Waals surface area contributed by atoms with Gasteiger partial charge in [-0.05, 0) is 5.75 Å². The number of hydrogen-bond donors (Lipinski definition) is 6. The maximum absolute atomic E-state index is 10.5. The maximum atomic E-state index is 10.5. The van der Waals surface area contributed by atoms with Crippen LogP contribution in [0.5, 0.6) is 0 Å². The Morgan fingerprint density at radius 1 is 1.12 bits per heavy atom. The summed E-state index contributed by atoms with van der Waals surface area (Å²) in [5.74, 6) is 0.776. The van der Waals surface area contributed by atoms with E-state index in [-0.39, 0.29) is 5.82 Å². The van der Waals surface area contributed by atoms with Crippen LogP contribution < -0.4 is 5.73 Å². The average molecular weight is 359 g/mol. The molecule has 2 rings (SSSR count). The molecule has 0 aliphatic rings. The fraction of sp³-hybridized carbons (Fsp3) is 0.615. The van der Waals surface area contributed by atoms with Crippen LogP contribution >= 0.6 is 11.8 Å². The molecule has 0 bridgehead atoms. The lowest BCUT2D eigenvalue weighted by Gasteiger charge is -2.31. The summed E-state index contributed by atoms with van der Waals surface area (Å²) in [6.07, 6.45) is -3.75. The Balaban J connectivity index is 2.35. The Kier molecular flexibility index (Phi) is 6.32. The van der Waals surface area contributed by atoms with Crippen LogP contribution in [0.15, 0.2) is 12.7 Å². The first kappa shape index (κ1) is 18.8. The normalized spacial score (nSPS) is 18.2. The minimum Gasteiger partial charge on any atom is -0.394 e. The van der Waals surface area contributed by atoms with E-state index in [9.17, 15) is 20.4 Å². The molecule has 0 unspecified atom stereocenters. The number of nitrogen functional groups attached to an aromatic ring is 1. The van der Waals surface area contributed by atoms with Crippen molar-refractivity contribution in [1.29, 1.82) is 0 Å². The lowest BCUT2D eigenvalue weighted by molar-refractivity contribution is -0.118. The van der Waals surface area contributed by atoms with Crippen LogP contribution in [0.4, 0.5) is 5.82 Å². The number of thioether (sulfide) groups is 1. The van der Waals surface area contributed by atoms with E-state index in [0.29, 0.717) is 16.9 Å². The summed E-state index contributed by atoms with van der Waals surface area (Å²) in [5.41, 5.74) is 6.47. The predicted molar refractivity (Wildman–Crippen MR) is 88.0 cm³/mol. The Bertz CT molecular complexity index is 671. The Hall–Kier alpha value is -1.50. The summed E-state index contributed by atoms with van der Waals surface area (Å²) in [4.78, 5) is 12.0. The molecule has 0 amide bonds. The van der Waals surface area contributed by atoms with E-state index in [0.717, 1.165) is 0 Å². The van der Waals surface area contributed by atoms with Crippen LogP contribution in [0.25, 0.3) is 11.2 Å². The maximum Gasteiger partial charge on any atom is 0.166 e. The molecule has 5 atom stereocenters. The molecule has 0 spiro atoms. The third-order valence-corrected chi connectivity index (χ3v) is 4.75. The van der Waals surface area contributed by atoms with Gasteiger partial charge < -0.3 is 31.3 Å². The molecule has 2 heterocycles. The van der Waals surface area contributed by atoms with Crippen LogP contribution in [-0.2, 0) is 0 Å². The van der Waals surface area contributed by atoms with E-state index in [1.54, 1.807) is 0 Å². The Morgan fingerprint density at radius 3 is 2.46 bits per heavy atom. The SMILES string of the molecule is CCS[C@H]([C@@H](O)[C@H](O)[C@H](O)[C@H](O)CO)n1cnc2c(N)ncnc21. The second-order valence-corrected chi connectivity index (χ2v) is 6.54.